The second kappa shape index (κ2) is 8.44. The molecule has 33 heavy (non-hydrogen) atoms. The van der Waals surface area contributed by atoms with Crippen LogP contribution in [0.2, 0.25) is 0 Å². The van der Waals surface area contributed by atoms with Crippen molar-refractivity contribution in [1.29, 1.82) is 0 Å². The summed E-state index contributed by atoms with van der Waals surface area (Å²) in [7, 11) is 0. The third kappa shape index (κ3) is 3.83. The normalized spacial score (nSPS) is 17.7. The van der Waals surface area contributed by atoms with Gasteiger partial charge in [-0.2, -0.15) is 0 Å². The number of halogens is 1. The lowest BCUT2D eigenvalue weighted by Crippen LogP contribution is -2.30. The number of nitrogens with one attached hydrogen (secondary N) is 1. The van der Waals surface area contributed by atoms with Gasteiger partial charge in [0.15, 0.2) is 5.11 Å². The van der Waals surface area contributed by atoms with Crippen molar-refractivity contribution in [3.05, 3.63) is 112 Å². The van der Waals surface area contributed by atoms with Gasteiger partial charge in [-0.05, 0) is 60.7 Å². The summed E-state index contributed by atoms with van der Waals surface area (Å²) >= 11 is 5.59. The Morgan fingerprint density at radius 2 is 1.79 bits per heavy atom. The number of thiocarbonyl (C=S) groups is 1. The molecule has 1 N–H and O–H groups in total. The van der Waals surface area contributed by atoms with Crippen molar-refractivity contribution < 1.29 is 13.7 Å². The topological polar surface area (TPSA) is 84.4 Å². The van der Waals surface area contributed by atoms with Crippen molar-refractivity contribution in [3.63, 3.8) is 0 Å². The molecule has 1 saturated heterocycles. The zero-order chi connectivity index (χ0) is 22.9. The highest BCUT2D eigenvalue weighted by atomic mass is 32.1. The van der Waals surface area contributed by atoms with Gasteiger partial charge in [-0.15, -0.1) is 0 Å². The predicted molar refractivity (Wildman–Crippen MR) is 125 cm³/mol. The molecule has 4 aromatic rings. The van der Waals surface area contributed by atoms with Crippen LogP contribution in [0.5, 0.6) is 0 Å². The number of anilines is 1. The average molecular weight is 460 g/mol. The Balaban J connectivity index is 1.58. The first kappa shape index (κ1) is 20.8. The molecule has 7 nitrogen and oxygen atoms in total. The van der Waals surface area contributed by atoms with Gasteiger partial charge in [0.1, 0.15) is 23.4 Å². The number of hydrogen-bond donors (Lipinski definition) is 1. The van der Waals surface area contributed by atoms with Crippen LogP contribution in [0.25, 0.3) is 11.3 Å². The Hall–Kier alpha value is -4.11. The van der Waals surface area contributed by atoms with E-state index in [1.54, 1.807) is 53.6 Å². The summed E-state index contributed by atoms with van der Waals surface area (Å²) < 4.78 is 21.0. The van der Waals surface area contributed by atoms with Gasteiger partial charge in [0.2, 0.25) is 0 Å². The summed E-state index contributed by atoms with van der Waals surface area (Å²) in [5.41, 5.74) is 1.74. The number of hydrogen-bond acceptors (Lipinski definition) is 5. The molecule has 2 aromatic carbocycles. The SMILES string of the molecule is O=[N+]([O-])c1ccc(-c2ccc(C3C(c4ccccn4)NC(=S)N3c3ccccc3F)o2)cc1. The maximum absolute atomic E-state index is 14.8. The lowest BCUT2D eigenvalue weighted by Gasteiger charge is -2.26. The van der Waals surface area contributed by atoms with E-state index in [4.69, 9.17) is 16.6 Å². The lowest BCUT2D eigenvalue weighted by molar-refractivity contribution is -0.384. The molecule has 5 rings (SSSR count). The van der Waals surface area contributed by atoms with Crippen molar-refractivity contribution in [3.8, 4) is 11.3 Å². The van der Waals surface area contributed by atoms with Crippen LogP contribution in [0.3, 0.4) is 0 Å². The largest absolute Gasteiger partial charge is 0.459 e. The van der Waals surface area contributed by atoms with Crippen LogP contribution in [0.4, 0.5) is 15.8 Å². The molecule has 0 radical (unpaired) electrons. The number of nitro groups is 1. The number of nitro benzene ring substituents is 1. The Bertz CT molecular complexity index is 1330. The van der Waals surface area contributed by atoms with Crippen molar-refractivity contribution >= 4 is 28.7 Å². The van der Waals surface area contributed by atoms with Gasteiger partial charge in [-0.25, -0.2) is 4.39 Å². The van der Waals surface area contributed by atoms with Crippen LogP contribution in [-0.4, -0.2) is 15.0 Å². The molecule has 1 aliphatic heterocycles. The van der Waals surface area contributed by atoms with Crippen molar-refractivity contribution in [1.82, 2.24) is 10.3 Å². The molecule has 164 valence electrons. The van der Waals surface area contributed by atoms with Crippen LogP contribution in [-0.2, 0) is 0 Å². The molecule has 1 fully saturated rings. The third-order valence-electron chi connectivity index (χ3n) is 5.49. The number of benzene rings is 2. The minimum atomic E-state index is -0.504. The van der Waals surface area contributed by atoms with E-state index in [1.807, 2.05) is 18.2 Å². The van der Waals surface area contributed by atoms with E-state index < -0.39 is 16.8 Å². The Morgan fingerprint density at radius 3 is 2.48 bits per heavy atom. The molecule has 0 aliphatic carbocycles. The zero-order valence-corrected chi connectivity index (χ0v) is 17.9. The van der Waals surface area contributed by atoms with E-state index in [1.165, 1.54) is 18.2 Å². The Morgan fingerprint density at radius 1 is 1.03 bits per heavy atom. The fourth-order valence-electron chi connectivity index (χ4n) is 3.96. The first-order valence-corrected chi connectivity index (χ1v) is 10.5. The number of non-ortho nitro benzene ring substituents is 1. The first-order valence-electron chi connectivity index (χ1n) is 10.1. The van der Waals surface area contributed by atoms with Gasteiger partial charge in [-0.1, -0.05) is 18.2 Å². The summed E-state index contributed by atoms with van der Waals surface area (Å²) in [6, 6.07) is 20.8. The fraction of sp³-hybridized carbons (Fsp3) is 0.0833. The monoisotopic (exact) mass is 460 g/mol. The van der Waals surface area contributed by atoms with E-state index in [0.717, 1.165) is 5.69 Å². The van der Waals surface area contributed by atoms with Gasteiger partial charge in [-0.3, -0.25) is 15.1 Å². The number of para-hydroxylation sites is 1. The highest BCUT2D eigenvalue weighted by Crippen LogP contribution is 2.43. The first-order chi connectivity index (χ1) is 16.0. The standard InChI is InChI=1S/C24H17FN4O3S/c25-17-5-1-2-7-19(17)28-23(22(27-24(28)33)18-6-3-4-14-26-18)21-13-12-20(32-21)15-8-10-16(11-9-15)29(30)31/h1-14,22-23H,(H,27,33). The van der Waals surface area contributed by atoms with E-state index in [2.05, 4.69) is 10.3 Å². The number of aromatic nitrogens is 1. The highest BCUT2D eigenvalue weighted by Gasteiger charge is 2.43. The molecule has 2 unspecified atom stereocenters. The van der Waals surface area contributed by atoms with Crippen LogP contribution < -0.4 is 10.2 Å². The highest BCUT2D eigenvalue weighted by molar-refractivity contribution is 7.80. The van der Waals surface area contributed by atoms with Crippen molar-refractivity contribution in [2.24, 2.45) is 0 Å². The number of pyridine rings is 1. The molecular formula is C24H17FN4O3S. The lowest BCUT2D eigenvalue weighted by atomic mass is 10.0. The van der Waals surface area contributed by atoms with E-state index in [0.29, 0.717) is 27.9 Å². The van der Waals surface area contributed by atoms with Gasteiger partial charge in [0.25, 0.3) is 5.69 Å². The van der Waals surface area contributed by atoms with Crippen LogP contribution in [0.1, 0.15) is 23.5 Å². The maximum Gasteiger partial charge on any atom is 0.269 e. The van der Waals surface area contributed by atoms with E-state index >= 15 is 0 Å². The van der Waals surface area contributed by atoms with Gasteiger partial charge >= 0.3 is 0 Å². The second-order valence-electron chi connectivity index (χ2n) is 7.45. The zero-order valence-electron chi connectivity index (χ0n) is 17.1. The van der Waals surface area contributed by atoms with Gasteiger partial charge in [0.05, 0.1) is 22.3 Å². The average Bonchev–Trinajstić information content (AvgIpc) is 3.45. The van der Waals surface area contributed by atoms with Gasteiger partial charge < -0.3 is 14.6 Å². The summed E-state index contributed by atoms with van der Waals surface area (Å²) in [4.78, 5) is 16.7. The smallest absolute Gasteiger partial charge is 0.269 e. The molecule has 0 spiro atoms. The Kier molecular flexibility index (Phi) is 5.31. The number of rotatable bonds is 5. The summed E-state index contributed by atoms with van der Waals surface area (Å²) in [6.07, 6.45) is 1.69. The van der Waals surface area contributed by atoms with Crippen molar-refractivity contribution in [2.75, 3.05) is 4.90 Å². The van der Waals surface area contributed by atoms with Gasteiger partial charge in [0, 0.05) is 23.9 Å². The van der Waals surface area contributed by atoms with Crippen LogP contribution in [0.15, 0.2) is 89.5 Å². The summed E-state index contributed by atoms with van der Waals surface area (Å²) in [6.45, 7) is 0. The second-order valence-corrected chi connectivity index (χ2v) is 7.84. The van der Waals surface area contributed by atoms with Crippen LogP contribution >= 0.6 is 12.2 Å². The number of furan rings is 1. The minimum Gasteiger partial charge on any atom is -0.459 e. The molecule has 0 saturated carbocycles. The third-order valence-corrected chi connectivity index (χ3v) is 5.81. The quantitative estimate of drug-likeness (QED) is 0.237. The molecule has 1 aliphatic rings. The molecular weight excluding hydrogens is 443 g/mol. The minimum absolute atomic E-state index is 0.00295. The number of nitrogens with zero attached hydrogens (tertiary/aromatic N) is 3. The molecule has 2 atom stereocenters. The van der Waals surface area contributed by atoms with E-state index in [9.17, 15) is 14.5 Å². The van der Waals surface area contributed by atoms with Crippen molar-refractivity contribution in [2.45, 2.75) is 12.1 Å². The molecule has 2 aromatic heterocycles. The maximum atomic E-state index is 14.8. The molecule has 0 amide bonds. The summed E-state index contributed by atoms with van der Waals surface area (Å²) in [5, 5.41) is 14.6. The fourth-order valence-corrected chi connectivity index (χ4v) is 4.30. The molecule has 9 heteroatoms. The molecule has 0 bridgehead atoms. The van der Waals surface area contributed by atoms with Crippen LogP contribution in [0, 0.1) is 15.9 Å². The summed E-state index contributed by atoms with van der Waals surface area (Å²) in [5.74, 6) is 0.677. The predicted octanol–water partition coefficient (Wildman–Crippen LogP) is 5.57. The Labute approximate surface area is 193 Å². The molecule has 3 heterocycles. The van der Waals surface area contributed by atoms with E-state index in [-0.39, 0.29) is 11.7 Å².